The van der Waals surface area contributed by atoms with E-state index in [2.05, 4.69) is 32.0 Å². The van der Waals surface area contributed by atoms with Gasteiger partial charge in [-0.05, 0) is 25.5 Å². The molecule has 26 heavy (non-hydrogen) atoms. The van der Waals surface area contributed by atoms with Crippen molar-refractivity contribution in [2.24, 2.45) is 0 Å². The second-order valence-corrected chi connectivity index (χ2v) is 6.75. The molecule has 6 heteroatoms. The van der Waals surface area contributed by atoms with Crippen molar-refractivity contribution in [3.8, 4) is 0 Å². The highest BCUT2D eigenvalue weighted by molar-refractivity contribution is 5.51. The molecule has 2 aromatic rings. The third-order valence-corrected chi connectivity index (χ3v) is 4.70. The minimum absolute atomic E-state index is 0.155. The Morgan fingerprint density at radius 1 is 1.04 bits per heavy atom. The summed E-state index contributed by atoms with van der Waals surface area (Å²) < 4.78 is 14.0. The van der Waals surface area contributed by atoms with Gasteiger partial charge in [0, 0.05) is 44.5 Å². The van der Waals surface area contributed by atoms with Crippen molar-refractivity contribution < 1.29 is 4.39 Å². The van der Waals surface area contributed by atoms with Crippen molar-refractivity contribution in [1.82, 2.24) is 9.97 Å². The number of rotatable bonds is 7. The molecule has 0 aliphatic carbocycles. The highest BCUT2D eigenvalue weighted by Gasteiger charge is 2.20. The molecule has 0 radical (unpaired) electrons. The van der Waals surface area contributed by atoms with Gasteiger partial charge in [0.05, 0.1) is 5.69 Å². The molecular formula is C20H28FN5. The molecule has 3 rings (SSSR count). The second kappa shape index (κ2) is 8.83. The topological polar surface area (TPSA) is 44.3 Å². The van der Waals surface area contributed by atoms with Crippen LogP contribution in [0.25, 0.3) is 0 Å². The molecule has 1 aromatic heterocycles. The van der Waals surface area contributed by atoms with E-state index < -0.39 is 0 Å². The molecule has 0 saturated carbocycles. The number of hydrogen-bond acceptors (Lipinski definition) is 5. The van der Waals surface area contributed by atoms with Gasteiger partial charge in [-0.2, -0.15) is 4.98 Å². The number of piperazine rings is 1. The normalized spacial score (nSPS) is 14.6. The predicted molar refractivity (Wildman–Crippen MR) is 106 cm³/mol. The first kappa shape index (κ1) is 18.4. The monoisotopic (exact) mass is 357 g/mol. The van der Waals surface area contributed by atoms with Crippen molar-refractivity contribution in [2.75, 3.05) is 47.8 Å². The van der Waals surface area contributed by atoms with E-state index in [0.29, 0.717) is 11.6 Å². The molecule has 1 N–H and O–H groups in total. The Labute approximate surface area is 155 Å². The lowest BCUT2D eigenvalue weighted by Gasteiger charge is -2.37. The van der Waals surface area contributed by atoms with Crippen LogP contribution in [0.3, 0.4) is 0 Å². The van der Waals surface area contributed by atoms with Crippen molar-refractivity contribution in [1.29, 1.82) is 0 Å². The number of nitrogens with zero attached hydrogens (tertiary/aromatic N) is 4. The average Bonchev–Trinajstić information content (AvgIpc) is 2.65. The molecule has 140 valence electrons. The molecule has 1 aliphatic heterocycles. The standard InChI is InChI=1S/C20H28FN5/c1-3-4-7-10-22-20-23-16(2)15-19(24-20)26-13-11-25(12-14-26)18-9-6-5-8-17(18)21/h5-6,8-9,15H,3-4,7,10-14H2,1-2H3,(H,22,23,24). The van der Waals surface area contributed by atoms with Crippen LogP contribution >= 0.6 is 0 Å². The summed E-state index contributed by atoms with van der Waals surface area (Å²) in [5.74, 6) is 1.49. The fourth-order valence-electron chi connectivity index (χ4n) is 3.25. The summed E-state index contributed by atoms with van der Waals surface area (Å²) in [6.45, 7) is 8.30. The Morgan fingerprint density at radius 3 is 2.50 bits per heavy atom. The molecule has 2 heterocycles. The zero-order valence-corrected chi connectivity index (χ0v) is 15.7. The number of nitrogens with one attached hydrogen (secondary N) is 1. The van der Waals surface area contributed by atoms with E-state index in [9.17, 15) is 4.39 Å². The Bertz CT molecular complexity index is 713. The highest BCUT2D eigenvalue weighted by atomic mass is 19.1. The molecule has 5 nitrogen and oxygen atoms in total. The zero-order valence-electron chi connectivity index (χ0n) is 15.7. The van der Waals surface area contributed by atoms with Crippen LogP contribution in [-0.4, -0.2) is 42.7 Å². The minimum Gasteiger partial charge on any atom is -0.366 e. The maximum atomic E-state index is 14.0. The molecule has 0 amide bonds. The van der Waals surface area contributed by atoms with Gasteiger partial charge < -0.3 is 15.1 Å². The zero-order chi connectivity index (χ0) is 18.4. The average molecular weight is 357 g/mol. The number of hydrogen-bond donors (Lipinski definition) is 1. The second-order valence-electron chi connectivity index (χ2n) is 6.75. The van der Waals surface area contributed by atoms with Gasteiger partial charge in [-0.15, -0.1) is 0 Å². The van der Waals surface area contributed by atoms with Crippen molar-refractivity contribution in [2.45, 2.75) is 33.1 Å². The first-order valence-corrected chi connectivity index (χ1v) is 9.51. The van der Waals surface area contributed by atoms with Gasteiger partial charge in [0.2, 0.25) is 5.95 Å². The smallest absolute Gasteiger partial charge is 0.224 e. The summed E-state index contributed by atoms with van der Waals surface area (Å²) in [7, 11) is 0. The number of unbranched alkanes of at least 4 members (excludes halogenated alkanes) is 2. The van der Waals surface area contributed by atoms with E-state index in [0.717, 1.165) is 50.7 Å². The van der Waals surface area contributed by atoms with Crippen molar-refractivity contribution in [3.05, 3.63) is 41.8 Å². The summed E-state index contributed by atoms with van der Waals surface area (Å²) in [5.41, 5.74) is 1.65. The lowest BCUT2D eigenvalue weighted by atomic mass is 10.2. The molecule has 0 spiro atoms. The maximum absolute atomic E-state index is 14.0. The SMILES string of the molecule is CCCCCNc1nc(C)cc(N2CCN(c3ccccc3F)CC2)n1. The molecule has 0 bridgehead atoms. The van der Waals surface area contributed by atoms with E-state index in [1.165, 1.54) is 18.9 Å². The van der Waals surface area contributed by atoms with Gasteiger partial charge in [0.1, 0.15) is 11.6 Å². The molecular weight excluding hydrogens is 329 g/mol. The molecule has 0 atom stereocenters. The van der Waals surface area contributed by atoms with Gasteiger partial charge in [-0.3, -0.25) is 0 Å². The summed E-state index contributed by atoms with van der Waals surface area (Å²) >= 11 is 0. The van der Waals surface area contributed by atoms with Crippen LogP contribution in [0.5, 0.6) is 0 Å². The summed E-state index contributed by atoms with van der Waals surface area (Å²) in [6.07, 6.45) is 3.54. The number of para-hydroxylation sites is 1. The number of aryl methyl sites for hydroxylation is 1. The van der Waals surface area contributed by atoms with Crippen LogP contribution in [0, 0.1) is 12.7 Å². The molecule has 1 aliphatic rings. The third kappa shape index (κ3) is 4.62. The van der Waals surface area contributed by atoms with Crippen molar-refractivity contribution in [3.63, 3.8) is 0 Å². The van der Waals surface area contributed by atoms with Gasteiger partial charge in [0.25, 0.3) is 0 Å². The quantitative estimate of drug-likeness (QED) is 0.763. The first-order valence-electron chi connectivity index (χ1n) is 9.51. The largest absolute Gasteiger partial charge is 0.366 e. The maximum Gasteiger partial charge on any atom is 0.224 e. The van der Waals surface area contributed by atoms with E-state index >= 15 is 0 Å². The molecule has 1 saturated heterocycles. The van der Waals surface area contributed by atoms with Gasteiger partial charge in [0.15, 0.2) is 0 Å². The Balaban J connectivity index is 1.62. The van der Waals surface area contributed by atoms with Crippen LogP contribution in [0.15, 0.2) is 30.3 Å². The number of halogens is 1. The van der Waals surface area contributed by atoms with Crippen molar-refractivity contribution >= 4 is 17.5 Å². The van der Waals surface area contributed by atoms with E-state index in [1.54, 1.807) is 6.07 Å². The predicted octanol–water partition coefficient (Wildman–Crippen LogP) is 3.85. The highest BCUT2D eigenvalue weighted by Crippen LogP contribution is 2.22. The van der Waals surface area contributed by atoms with Crippen LogP contribution in [-0.2, 0) is 0 Å². The van der Waals surface area contributed by atoms with Crippen LogP contribution < -0.4 is 15.1 Å². The van der Waals surface area contributed by atoms with Gasteiger partial charge in [-0.25, -0.2) is 9.37 Å². The number of anilines is 3. The molecule has 1 aromatic carbocycles. The molecule has 0 unspecified atom stereocenters. The van der Waals surface area contributed by atoms with Crippen LogP contribution in [0.1, 0.15) is 31.9 Å². The number of aromatic nitrogens is 2. The van der Waals surface area contributed by atoms with E-state index in [-0.39, 0.29) is 5.82 Å². The summed E-state index contributed by atoms with van der Waals surface area (Å²) in [5, 5.41) is 3.33. The Kier molecular flexibility index (Phi) is 6.26. The van der Waals surface area contributed by atoms with E-state index in [4.69, 9.17) is 0 Å². The lowest BCUT2D eigenvalue weighted by Crippen LogP contribution is -2.47. The number of benzene rings is 1. The fourth-order valence-corrected chi connectivity index (χ4v) is 3.25. The van der Waals surface area contributed by atoms with Crippen LogP contribution in [0.2, 0.25) is 0 Å². The fraction of sp³-hybridized carbons (Fsp3) is 0.500. The summed E-state index contributed by atoms with van der Waals surface area (Å²) in [6, 6.07) is 9.00. The molecule has 1 fully saturated rings. The van der Waals surface area contributed by atoms with Gasteiger partial charge in [-0.1, -0.05) is 31.9 Å². The third-order valence-electron chi connectivity index (χ3n) is 4.70. The van der Waals surface area contributed by atoms with Crippen LogP contribution in [0.4, 0.5) is 21.8 Å². The Hall–Kier alpha value is -2.37. The lowest BCUT2D eigenvalue weighted by molar-refractivity contribution is 0.596. The van der Waals surface area contributed by atoms with Gasteiger partial charge >= 0.3 is 0 Å². The first-order chi connectivity index (χ1) is 12.7. The minimum atomic E-state index is -0.155. The van der Waals surface area contributed by atoms with E-state index in [1.807, 2.05) is 25.1 Å². The Morgan fingerprint density at radius 2 is 1.77 bits per heavy atom. The summed E-state index contributed by atoms with van der Waals surface area (Å²) in [4.78, 5) is 13.5.